The summed E-state index contributed by atoms with van der Waals surface area (Å²) in [6.07, 6.45) is 2.09. The molecule has 0 saturated heterocycles. The van der Waals surface area contributed by atoms with E-state index in [4.69, 9.17) is 42.1 Å². The van der Waals surface area contributed by atoms with Gasteiger partial charge in [-0.05, 0) is 67.3 Å². The van der Waals surface area contributed by atoms with Gasteiger partial charge in [0.1, 0.15) is 29.6 Å². The van der Waals surface area contributed by atoms with Crippen molar-refractivity contribution in [3.05, 3.63) is 81.3 Å². The molecule has 1 aliphatic rings. The number of rotatable bonds is 12. The molecule has 7 nitrogen and oxygen atoms in total. The summed E-state index contributed by atoms with van der Waals surface area (Å²) in [6, 6.07) is 15.5. The van der Waals surface area contributed by atoms with Crippen LogP contribution in [0.15, 0.2) is 54.6 Å². The predicted octanol–water partition coefficient (Wildman–Crippen LogP) is 6.97. The third-order valence-electron chi connectivity index (χ3n) is 6.23. The van der Waals surface area contributed by atoms with Gasteiger partial charge in [0.25, 0.3) is 0 Å². The van der Waals surface area contributed by atoms with Gasteiger partial charge in [-0.3, -0.25) is 9.59 Å². The number of carbonyl (C=O) groups excluding carboxylic acids is 1. The number of carboxylic acid groups (broad SMARTS) is 1. The Morgan fingerprint density at radius 3 is 2.55 bits per heavy atom. The molecule has 1 unspecified atom stereocenters. The van der Waals surface area contributed by atoms with Gasteiger partial charge in [0.15, 0.2) is 5.78 Å². The van der Waals surface area contributed by atoms with Gasteiger partial charge < -0.3 is 24.1 Å². The van der Waals surface area contributed by atoms with E-state index in [0.717, 1.165) is 5.56 Å². The predicted molar refractivity (Wildman–Crippen MR) is 145 cm³/mol. The summed E-state index contributed by atoms with van der Waals surface area (Å²) in [5.74, 6) is 0.437. The first-order chi connectivity index (χ1) is 18.4. The van der Waals surface area contributed by atoms with Crippen molar-refractivity contribution in [2.45, 2.75) is 31.6 Å². The molecule has 0 radical (unpaired) electrons. The summed E-state index contributed by atoms with van der Waals surface area (Å²) in [4.78, 5) is 24.3. The van der Waals surface area contributed by atoms with Crippen LogP contribution in [0.5, 0.6) is 23.0 Å². The average Bonchev–Trinajstić information content (AvgIpc) is 2.90. The molecule has 3 aromatic carbocycles. The third kappa shape index (κ3) is 6.98. The van der Waals surface area contributed by atoms with Crippen molar-refractivity contribution in [2.24, 2.45) is 0 Å². The standard InChI is InChI=1S/C29H28Cl2O7/c1-35-13-14-37-26-15-20(30)8-5-19(26)3-2-4-25(32)18-6-9-21(10-7-18)38-28-17-27-23(16-24(28)31)22(29(33)34)11-12-36-27/h5-10,15-17,22H,2-4,11-14H2,1H3,(H,33,34). The lowest BCUT2D eigenvalue weighted by Gasteiger charge is -2.24. The number of carbonyl (C=O) groups is 2. The zero-order valence-electron chi connectivity index (χ0n) is 20.9. The molecule has 0 amide bonds. The van der Waals surface area contributed by atoms with Crippen molar-refractivity contribution in [2.75, 3.05) is 26.9 Å². The molecule has 0 saturated carbocycles. The minimum absolute atomic E-state index is 0.0206. The van der Waals surface area contributed by atoms with E-state index in [0.29, 0.717) is 84.7 Å². The monoisotopic (exact) mass is 558 g/mol. The summed E-state index contributed by atoms with van der Waals surface area (Å²) in [5, 5.41) is 10.3. The van der Waals surface area contributed by atoms with Gasteiger partial charge in [-0.25, -0.2) is 0 Å². The maximum absolute atomic E-state index is 12.8. The molecule has 1 heterocycles. The van der Waals surface area contributed by atoms with Gasteiger partial charge in [-0.2, -0.15) is 0 Å². The summed E-state index contributed by atoms with van der Waals surface area (Å²) in [7, 11) is 1.61. The SMILES string of the molecule is COCCOc1cc(Cl)ccc1CCCC(=O)c1ccc(Oc2cc3c(cc2Cl)C(C(=O)O)CCO3)cc1. The van der Waals surface area contributed by atoms with Gasteiger partial charge in [-0.1, -0.05) is 29.3 Å². The fourth-order valence-corrected chi connectivity index (χ4v) is 4.62. The molecular weight excluding hydrogens is 531 g/mol. The molecule has 0 spiro atoms. The Bertz CT molecular complexity index is 1290. The highest BCUT2D eigenvalue weighted by Crippen LogP contribution is 2.41. The Morgan fingerprint density at radius 2 is 1.82 bits per heavy atom. The number of benzene rings is 3. The van der Waals surface area contributed by atoms with Gasteiger partial charge in [0, 0.05) is 35.7 Å². The first-order valence-electron chi connectivity index (χ1n) is 12.3. The molecule has 9 heteroatoms. The maximum Gasteiger partial charge on any atom is 0.311 e. The smallest absolute Gasteiger partial charge is 0.311 e. The van der Waals surface area contributed by atoms with Crippen LogP contribution < -0.4 is 14.2 Å². The molecule has 0 fully saturated rings. The normalized spacial score (nSPS) is 14.3. The van der Waals surface area contributed by atoms with E-state index in [2.05, 4.69) is 0 Å². The Kier molecular flexibility index (Phi) is 9.50. The van der Waals surface area contributed by atoms with Crippen LogP contribution in [-0.4, -0.2) is 43.8 Å². The Balaban J connectivity index is 1.35. The summed E-state index contributed by atoms with van der Waals surface area (Å²) in [5.41, 5.74) is 2.10. The van der Waals surface area contributed by atoms with Gasteiger partial charge in [0.05, 0.1) is 24.2 Å². The summed E-state index contributed by atoms with van der Waals surface area (Å²) in [6.45, 7) is 1.20. The van der Waals surface area contributed by atoms with Crippen molar-refractivity contribution in [1.82, 2.24) is 0 Å². The number of hydrogen-bond acceptors (Lipinski definition) is 6. The minimum Gasteiger partial charge on any atom is -0.493 e. The van der Waals surface area contributed by atoms with Crippen LogP contribution in [0, 0.1) is 0 Å². The highest BCUT2D eigenvalue weighted by Gasteiger charge is 2.29. The van der Waals surface area contributed by atoms with E-state index in [1.54, 1.807) is 49.6 Å². The van der Waals surface area contributed by atoms with Crippen LogP contribution in [0.1, 0.15) is 46.7 Å². The molecule has 0 aliphatic carbocycles. The van der Waals surface area contributed by atoms with E-state index < -0.39 is 11.9 Å². The number of halogens is 2. The van der Waals surface area contributed by atoms with Crippen molar-refractivity contribution in [3.63, 3.8) is 0 Å². The molecule has 1 N–H and O–H groups in total. The van der Waals surface area contributed by atoms with E-state index in [-0.39, 0.29) is 10.8 Å². The molecule has 1 aliphatic heterocycles. The molecular formula is C29H28Cl2O7. The van der Waals surface area contributed by atoms with Gasteiger partial charge in [-0.15, -0.1) is 0 Å². The zero-order chi connectivity index (χ0) is 27.1. The lowest BCUT2D eigenvalue weighted by atomic mass is 9.93. The average molecular weight is 559 g/mol. The van der Waals surface area contributed by atoms with Crippen molar-refractivity contribution >= 4 is 35.0 Å². The van der Waals surface area contributed by atoms with Gasteiger partial charge in [0.2, 0.25) is 0 Å². The Labute approximate surface area is 231 Å². The van der Waals surface area contributed by atoms with Crippen LogP contribution >= 0.6 is 23.2 Å². The first kappa shape index (κ1) is 27.8. The molecule has 1 atom stereocenters. The minimum atomic E-state index is -0.913. The number of fused-ring (bicyclic) bond motifs is 1. The Hall–Kier alpha value is -3.26. The van der Waals surface area contributed by atoms with Crippen LogP contribution in [0.4, 0.5) is 0 Å². The van der Waals surface area contributed by atoms with Crippen LogP contribution in [0.25, 0.3) is 0 Å². The first-order valence-corrected chi connectivity index (χ1v) is 13.0. The molecule has 0 bridgehead atoms. The molecule has 4 rings (SSSR count). The molecule has 3 aromatic rings. The van der Waals surface area contributed by atoms with Crippen LogP contribution in [0.3, 0.4) is 0 Å². The van der Waals surface area contributed by atoms with E-state index in [9.17, 15) is 14.7 Å². The van der Waals surface area contributed by atoms with Crippen molar-refractivity contribution in [1.29, 1.82) is 0 Å². The number of aryl methyl sites for hydroxylation is 1. The van der Waals surface area contributed by atoms with Gasteiger partial charge >= 0.3 is 5.97 Å². The largest absolute Gasteiger partial charge is 0.493 e. The summed E-state index contributed by atoms with van der Waals surface area (Å²) < 4.78 is 22.3. The van der Waals surface area contributed by atoms with E-state index >= 15 is 0 Å². The maximum atomic E-state index is 12.8. The van der Waals surface area contributed by atoms with Crippen LogP contribution in [0.2, 0.25) is 10.0 Å². The summed E-state index contributed by atoms with van der Waals surface area (Å²) >= 11 is 12.5. The van der Waals surface area contributed by atoms with E-state index in [1.807, 2.05) is 12.1 Å². The van der Waals surface area contributed by atoms with Crippen molar-refractivity contribution < 1.29 is 33.6 Å². The number of carboxylic acids is 1. The fraction of sp³-hybridized carbons (Fsp3) is 0.310. The second-order valence-corrected chi connectivity index (χ2v) is 9.69. The lowest BCUT2D eigenvalue weighted by molar-refractivity contribution is -0.139. The molecule has 38 heavy (non-hydrogen) atoms. The van der Waals surface area contributed by atoms with Crippen LogP contribution in [-0.2, 0) is 16.0 Å². The zero-order valence-corrected chi connectivity index (χ0v) is 22.4. The number of ketones is 1. The highest BCUT2D eigenvalue weighted by atomic mass is 35.5. The second-order valence-electron chi connectivity index (χ2n) is 8.84. The topological polar surface area (TPSA) is 91.3 Å². The quantitative estimate of drug-likeness (QED) is 0.189. The second kappa shape index (κ2) is 13.0. The molecule has 200 valence electrons. The fourth-order valence-electron chi connectivity index (χ4n) is 4.25. The number of aliphatic carboxylic acids is 1. The lowest BCUT2D eigenvalue weighted by Crippen LogP contribution is -2.20. The highest BCUT2D eigenvalue weighted by molar-refractivity contribution is 6.32. The van der Waals surface area contributed by atoms with Crippen molar-refractivity contribution in [3.8, 4) is 23.0 Å². The number of ether oxygens (including phenoxy) is 4. The third-order valence-corrected chi connectivity index (χ3v) is 6.76. The number of Topliss-reactive ketones (excluding diaryl/α,β-unsaturated/α-hetero) is 1. The number of methoxy groups -OCH3 is 1. The molecule has 0 aromatic heterocycles. The Morgan fingerprint density at radius 1 is 1.03 bits per heavy atom. The van der Waals surface area contributed by atoms with E-state index in [1.165, 1.54) is 0 Å². The number of hydrogen-bond donors (Lipinski definition) is 1.